The van der Waals surface area contributed by atoms with Gasteiger partial charge in [0.2, 0.25) is 0 Å². The lowest BCUT2D eigenvalue weighted by molar-refractivity contribution is -0.136. The van der Waals surface area contributed by atoms with Crippen molar-refractivity contribution in [1.29, 1.82) is 0 Å². The number of alkyl halides is 3. The topological polar surface area (TPSA) is 36.4 Å². The van der Waals surface area contributed by atoms with E-state index in [1.54, 1.807) is 6.21 Å². The SMILES string of the molecule is CC1(C)[C@H]2CC=C(/C=N\NC(=S)Nc3ccccc3C(F)(F)F)[C@@H]1C2. The molecule has 0 saturated heterocycles. The number of fused-ring (bicyclic) bond motifs is 1. The summed E-state index contributed by atoms with van der Waals surface area (Å²) in [7, 11) is 0. The molecule has 25 heavy (non-hydrogen) atoms. The van der Waals surface area contributed by atoms with Crippen molar-refractivity contribution in [2.24, 2.45) is 22.4 Å². The van der Waals surface area contributed by atoms with Crippen molar-refractivity contribution >= 4 is 29.2 Å². The molecule has 0 amide bonds. The Bertz CT molecular complexity index is 737. The molecule has 1 aromatic carbocycles. The van der Waals surface area contributed by atoms with E-state index in [-0.39, 0.29) is 10.8 Å². The lowest BCUT2D eigenvalue weighted by Crippen LogP contribution is -2.48. The molecule has 2 atom stereocenters. The van der Waals surface area contributed by atoms with E-state index in [4.69, 9.17) is 12.2 Å². The van der Waals surface area contributed by atoms with Crippen LogP contribution >= 0.6 is 12.2 Å². The Morgan fingerprint density at radius 2 is 2.04 bits per heavy atom. The normalized spacial score (nSPS) is 24.4. The minimum atomic E-state index is -4.44. The summed E-state index contributed by atoms with van der Waals surface area (Å²) in [6, 6.07) is 5.20. The van der Waals surface area contributed by atoms with Crippen molar-refractivity contribution in [3.8, 4) is 0 Å². The van der Waals surface area contributed by atoms with Gasteiger partial charge in [-0.25, -0.2) is 0 Å². The molecule has 0 unspecified atom stereocenters. The summed E-state index contributed by atoms with van der Waals surface area (Å²) in [6.45, 7) is 4.53. The number of benzene rings is 1. The quantitative estimate of drug-likeness (QED) is 0.450. The summed E-state index contributed by atoms with van der Waals surface area (Å²) in [4.78, 5) is 0. The van der Waals surface area contributed by atoms with Crippen molar-refractivity contribution in [2.75, 3.05) is 5.32 Å². The van der Waals surface area contributed by atoms with Crippen LogP contribution in [-0.2, 0) is 6.18 Å². The highest BCUT2D eigenvalue weighted by atomic mass is 32.1. The number of para-hydroxylation sites is 1. The zero-order valence-electron chi connectivity index (χ0n) is 14.0. The van der Waals surface area contributed by atoms with Crippen molar-refractivity contribution in [2.45, 2.75) is 32.9 Å². The van der Waals surface area contributed by atoms with Gasteiger partial charge in [-0.15, -0.1) is 0 Å². The first-order valence-corrected chi connectivity index (χ1v) is 8.56. The molecule has 0 heterocycles. The summed E-state index contributed by atoms with van der Waals surface area (Å²) in [6.07, 6.45) is 1.69. The highest BCUT2D eigenvalue weighted by molar-refractivity contribution is 7.80. The Hall–Kier alpha value is -1.89. The van der Waals surface area contributed by atoms with Crippen LogP contribution < -0.4 is 10.7 Å². The van der Waals surface area contributed by atoms with Crippen molar-refractivity contribution in [3.05, 3.63) is 41.5 Å². The summed E-state index contributed by atoms with van der Waals surface area (Å²) in [5.41, 5.74) is 3.20. The van der Waals surface area contributed by atoms with Gasteiger partial charge in [0.1, 0.15) is 0 Å². The molecule has 2 N–H and O–H groups in total. The first kappa shape index (κ1) is 17.9. The van der Waals surface area contributed by atoms with Crippen LogP contribution in [0.5, 0.6) is 0 Å². The number of allylic oxidation sites excluding steroid dienone is 2. The first-order valence-electron chi connectivity index (χ1n) is 8.16. The van der Waals surface area contributed by atoms with E-state index in [0.717, 1.165) is 18.4 Å². The Labute approximate surface area is 150 Å². The fourth-order valence-electron chi connectivity index (χ4n) is 3.70. The van der Waals surface area contributed by atoms with Gasteiger partial charge >= 0.3 is 6.18 Å². The van der Waals surface area contributed by atoms with Gasteiger partial charge < -0.3 is 5.32 Å². The van der Waals surface area contributed by atoms with Crippen molar-refractivity contribution in [1.82, 2.24) is 5.43 Å². The molecule has 0 radical (unpaired) electrons. The van der Waals surface area contributed by atoms with E-state index in [1.165, 1.54) is 30.2 Å². The van der Waals surface area contributed by atoms with Gasteiger partial charge in [-0.1, -0.05) is 32.1 Å². The Balaban J connectivity index is 1.60. The Morgan fingerprint density at radius 1 is 1.32 bits per heavy atom. The van der Waals surface area contributed by atoms with Gasteiger partial charge in [-0.3, -0.25) is 5.43 Å². The zero-order chi connectivity index (χ0) is 18.2. The molecule has 3 aliphatic carbocycles. The number of halogens is 3. The van der Waals surface area contributed by atoms with E-state index in [9.17, 15) is 13.2 Å². The molecule has 134 valence electrons. The molecule has 1 fully saturated rings. The van der Waals surface area contributed by atoms with Gasteiger partial charge in [0.15, 0.2) is 5.11 Å². The van der Waals surface area contributed by atoms with Crippen LogP contribution in [0.25, 0.3) is 0 Å². The molecule has 2 bridgehead atoms. The second-order valence-electron chi connectivity index (χ2n) is 7.11. The Morgan fingerprint density at radius 3 is 2.68 bits per heavy atom. The molecular formula is C18H20F3N3S. The molecule has 0 aliphatic heterocycles. The van der Waals surface area contributed by atoms with E-state index < -0.39 is 11.7 Å². The number of nitrogens with zero attached hydrogens (tertiary/aromatic N) is 1. The fourth-order valence-corrected chi connectivity index (χ4v) is 3.86. The number of nitrogens with one attached hydrogen (secondary N) is 2. The summed E-state index contributed by atoms with van der Waals surface area (Å²) in [5, 5.41) is 6.68. The second kappa shape index (κ2) is 6.44. The monoisotopic (exact) mass is 367 g/mol. The van der Waals surface area contributed by atoms with Crippen LogP contribution in [0, 0.1) is 17.3 Å². The van der Waals surface area contributed by atoms with E-state index in [2.05, 4.69) is 35.8 Å². The minimum Gasteiger partial charge on any atom is -0.331 e. The van der Waals surface area contributed by atoms with Crippen LogP contribution in [0.3, 0.4) is 0 Å². The predicted molar refractivity (Wildman–Crippen MR) is 97.4 cm³/mol. The van der Waals surface area contributed by atoms with Gasteiger partial charge in [-0.05, 0) is 60.0 Å². The summed E-state index contributed by atoms with van der Waals surface area (Å²) in [5.74, 6) is 1.23. The third-order valence-corrected chi connectivity index (χ3v) is 5.56. The van der Waals surface area contributed by atoms with E-state index in [1.807, 2.05) is 0 Å². The largest absolute Gasteiger partial charge is 0.418 e. The van der Waals surface area contributed by atoms with Crippen LogP contribution in [-0.4, -0.2) is 11.3 Å². The average Bonchev–Trinajstić information content (AvgIpc) is 2.54. The van der Waals surface area contributed by atoms with Crippen molar-refractivity contribution in [3.63, 3.8) is 0 Å². The van der Waals surface area contributed by atoms with Crippen LogP contribution in [0.1, 0.15) is 32.3 Å². The maximum atomic E-state index is 13.0. The lowest BCUT2D eigenvalue weighted by atomic mass is 9.49. The summed E-state index contributed by atoms with van der Waals surface area (Å²) >= 11 is 5.05. The number of hydrazone groups is 1. The van der Waals surface area contributed by atoms with Crippen molar-refractivity contribution < 1.29 is 13.2 Å². The molecule has 0 spiro atoms. The number of anilines is 1. The van der Waals surface area contributed by atoms with Gasteiger partial charge in [0, 0.05) is 0 Å². The van der Waals surface area contributed by atoms with Crippen LogP contribution in [0.15, 0.2) is 41.0 Å². The molecule has 3 aliphatic rings. The third-order valence-electron chi connectivity index (χ3n) is 5.37. The average molecular weight is 367 g/mol. The Kier molecular flexibility index (Phi) is 4.62. The highest BCUT2D eigenvalue weighted by Gasteiger charge is 2.50. The molecule has 0 aromatic heterocycles. The third kappa shape index (κ3) is 3.56. The zero-order valence-corrected chi connectivity index (χ0v) is 14.8. The van der Waals surface area contributed by atoms with E-state index >= 15 is 0 Å². The van der Waals surface area contributed by atoms with Gasteiger partial charge in [-0.2, -0.15) is 18.3 Å². The summed E-state index contributed by atoms with van der Waals surface area (Å²) < 4.78 is 38.9. The molecule has 1 saturated carbocycles. The molecule has 4 rings (SSSR count). The minimum absolute atomic E-state index is 0.0232. The number of hydrogen-bond donors (Lipinski definition) is 2. The molecular weight excluding hydrogens is 347 g/mol. The molecule has 7 heteroatoms. The van der Waals surface area contributed by atoms with Crippen LogP contribution in [0.2, 0.25) is 0 Å². The van der Waals surface area contributed by atoms with E-state index in [0.29, 0.717) is 11.3 Å². The van der Waals surface area contributed by atoms with Gasteiger partial charge in [0.05, 0.1) is 17.5 Å². The lowest BCUT2D eigenvalue weighted by Gasteiger charge is -2.55. The standard InChI is InChI=1S/C18H20F3N3S/c1-17(2)12-8-7-11(14(17)9-12)10-22-24-16(25)23-15-6-4-3-5-13(15)18(19,20)21/h3-7,10,12,14H,8-9H2,1-2H3,(H2,23,24,25)/b22-10-/t12-,14-/m0/s1. The molecule has 1 aromatic rings. The predicted octanol–water partition coefficient (Wildman–Crippen LogP) is 4.97. The highest BCUT2D eigenvalue weighted by Crippen LogP contribution is 2.58. The maximum Gasteiger partial charge on any atom is 0.418 e. The van der Waals surface area contributed by atoms with Crippen LogP contribution in [0.4, 0.5) is 18.9 Å². The second-order valence-corrected chi connectivity index (χ2v) is 7.52. The molecule has 3 nitrogen and oxygen atoms in total. The number of thiocarbonyl (C=S) groups is 1. The first-order chi connectivity index (χ1) is 11.7. The van der Waals surface area contributed by atoms with Gasteiger partial charge in [0.25, 0.3) is 0 Å². The maximum absolute atomic E-state index is 13.0. The number of hydrogen-bond acceptors (Lipinski definition) is 2. The number of rotatable bonds is 3. The smallest absolute Gasteiger partial charge is 0.331 e. The fraction of sp³-hybridized carbons (Fsp3) is 0.444.